The first kappa shape index (κ1) is 79.0. The van der Waals surface area contributed by atoms with Crippen molar-refractivity contribution in [3.05, 3.63) is 24.3 Å². The Morgan fingerprint density at radius 3 is 1.08 bits per heavy atom. The Hall–Kier alpha value is -3.20. The summed E-state index contributed by atoms with van der Waals surface area (Å²) in [5.74, 6) is -1.70. The number of likely N-dealkylation sites (N-methyl/N-ethyl adjacent to an activating group) is 2. The Labute approximate surface area is 488 Å². The molecule has 0 aliphatic rings. The third kappa shape index (κ3) is 53.4. The van der Waals surface area contributed by atoms with Gasteiger partial charge in [0.05, 0.1) is 28.2 Å². The lowest BCUT2D eigenvalue weighted by Gasteiger charge is -2.29. The molecule has 0 saturated heterocycles. The average Bonchev–Trinajstić information content (AvgIpc) is 3.33. The predicted molar refractivity (Wildman–Crippen MR) is 305 cm³/mol. The number of allylic oxidation sites excluding steroid dienone is 2. The summed E-state index contributed by atoms with van der Waals surface area (Å²) in [6.07, 6.45) is 40.2. The minimum absolute atomic E-state index is 0. The maximum atomic E-state index is 13.0. The molecule has 0 aromatic rings. The summed E-state index contributed by atoms with van der Waals surface area (Å²) >= 11 is 0. The maximum Gasteiger partial charge on any atom is 0.362 e. The van der Waals surface area contributed by atoms with Gasteiger partial charge >= 0.3 is 35.8 Å². The van der Waals surface area contributed by atoms with E-state index in [0.717, 1.165) is 148 Å². The third-order valence-corrected chi connectivity index (χ3v) is 13.7. The summed E-state index contributed by atoms with van der Waals surface area (Å²) in [6.45, 7) is 11.4. The fourth-order valence-corrected chi connectivity index (χ4v) is 8.90. The van der Waals surface area contributed by atoms with Crippen LogP contribution in [0.1, 0.15) is 253 Å². The van der Waals surface area contributed by atoms with Gasteiger partial charge in [-0.05, 0) is 70.6 Å². The van der Waals surface area contributed by atoms with E-state index < -0.39 is 6.29 Å². The van der Waals surface area contributed by atoms with Gasteiger partial charge in [-0.1, -0.05) is 161 Å². The number of quaternary nitrogens is 2. The first-order chi connectivity index (χ1) is 36.4. The van der Waals surface area contributed by atoms with E-state index in [9.17, 15) is 28.8 Å². The van der Waals surface area contributed by atoms with Gasteiger partial charge in [-0.15, -0.1) is 0 Å². The molecule has 0 radical (unpaired) electrons. The fraction of sp³-hybridized carbons (Fsp3) is 0.839. The molecule has 0 bridgehead atoms. The van der Waals surface area contributed by atoms with Crippen molar-refractivity contribution in [2.45, 2.75) is 271 Å². The van der Waals surface area contributed by atoms with Crippen LogP contribution >= 0.6 is 0 Å². The van der Waals surface area contributed by atoms with Gasteiger partial charge in [0, 0.05) is 46.0 Å². The van der Waals surface area contributed by atoms with Gasteiger partial charge in [-0.25, -0.2) is 9.59 Å². The van der Waals surface area contributed by atoms with E-state index in [0.29, 0.717) is 54.2 Å². The highest BCUT2D eigenvalue weighted by atomic mass is 35.5. The number of nitrogens with zero attached hydrogens (tertiary/aromatic N) is 2. The first-order valence-corrected chi connectivity index (χ1v) is 30.4. The normalized spacial score (nSPS) is 12.8. The second-order valence-electron chi connectivity index (χ2n) is 22.6. The molecular formula is C62H114Cl2N2O12. The summed E-state index contributed by atoms with van der Waals surface area (Å²) < 4.78 is 34.4. The number of halogens is 2. The van der Waals surface area contributed by atoms with Gasteiger partial charge in [0.2, 0.25) is 6.29 Å². The van der Waals surface area contributed by atoms with Crippen molar-refractivity contribution in [1.82, 2.24) is 0 Å². The van der Waals surface area contributed by atoms with Gasteiger partial charge in [0.25, 0.3) is 0 Å². The number of hydrogen-bond acceptors (Lipinski definition) is 12. The van der Waals surface area contributed by atoms with Crippen LogP contribution in [-0.4, -0.2) is 131 Å². The predicted octanol–water partition coefficient (Wildman–Crippen LogP) is 7.95. The van der Waals surface area contributed by atoms with E-state index >= 15 is 0 Å². The van der Waals surface area contributed by atoms with Gasteiger partial charge in [0.15, 0.2) is 13.1 Å². The van der Waals surface area contributed by atoms with Crippen LogP contribution in [0.3, 0.4) is 0 Å². The second-order valence-corrected chi connectivity index (χ2v) is 22.6. The highest BCUT2D eigenvalue weighted by molar-refractivity contribution is 5.72. The molecule has 0 N–H and O–H groups in total. The Morgan fingerprint density at radius 2 is 0.705 bits per heavy atom. The number of esters is 6. The van der Waals surface area contributed by atoms with Crippen molar-refractivity contribution >= 4 is 35.8 Å². The molecule has 0 aliphatic heterocycles. The highest BCUT2D eigenvalue weighted by Crippen LogP contribution is 2.19. The Bertz CT molecular complexity index is 1470. The lowest BCUT2D eigenvalue weighted by atomic mass is 10.1. The van der Waals surface area contributed by atoms with Crippen molar-refractivity contribution in [3.63, 3.8) is 0 Å². The molecule has 78 heavy (non-hydrogen) atoms. The van der Waals surface area contributed by atoms with E-state index in [1.54, 1.807) is 0 Å². The minimum Gasteiger partial charge on any atom is -1.00 e. The Kier molecular flexibility index (Phi) is 53.8. The standard InChI is InChI=1S/C62H114N2O12.2ClH/c1-10-13-16-19-24-33-40-47-62(75-58(67)45-38-31-27-22-20-25-29-36-43-56(41-34-17-14-11-2)73-60(69)52-63(6,7)48-50-71-54(4)65)76-59(68)46-39-32-28-23-21-26-30-37-44-57(42-35-18-15-12-3)74-61(70)53-64(8,9)49-51-72-55(5)66;;/h29-30,36-37,56-57,62H,10-28,31-35,38-53H2,1-9H3;2*1H/q+2;;/p-2. The van der Waals surface area contributed by atoms with E-state index in [4.69, 9.17) is 28.4 Å². The number of ether oxygens (including phenoxy) is 6. The molecule has 458 valence electrons. The lowest BCUT2D eigenvalue weighted by Crippen LogP contribution is -3.00. The van der Waals surface area contributed by atoms with Gasteiger partial charge in [-0.3, -0.25) is 19.2 Å². The summed E-state index contributed by atoms with van der Waals surface area (Å²) in [7, 11) is 7.75. The monoisotopic (exact) mass is 1150 g/mol. The largest absolute Gasteiger partial charge is 1.00 e. The van der Waals surface area contributed by atoms with Crippen LogP contribution in [-0.2, 0) is 57.2 Å². The summed E-state index contributed by atoms with van der Waals surface area (Å²) in [5, 5.41) is 0. The molecule has 0 spiro atoms. The summed E-state index contributed by atoms with van der Waals surface area (Å²) in [4.78, 5) is 74.0. The molecular weight excluding hydrogens is 1040 g/mol. The van der Waals surface area contributed by atoms with Crippen LogP contribution in [0.2, 0.25) is 0 Å². The molecule has 0 saturated carbocycles. The van der Waals surface area contributed by atoms with Crippen molar-refractivity contribution in [1.29, 1.82) is 0 Å². The lowest BCUT2D eigenvalue weighted by molar-refractivity contribution is -0.883. The van der Waals surface area contributed by atoms with Crippen molar-refractivity contribution in [2.24, 2.45) is 0 Å². The van der Waals surface area contributed by atoms with Crippen LogP contribution in [0.4, 0.5) is 0 Å². The second kappa shape index (κ2) is 53.1. The van der Waals surface area contributed by atoms with Crippen LogP contribution in [0.25, 0.3) is 0 Å². The molecule has 0 aromatic heterocycles. The van der Waals surface area contributed by atoms with Crippen molar-refractivity contribution in [3.8, 4) is 0 Å². The van der Waals surface area contributed by atoms with Gasteiger partial charge in [0.1, 0.15) is 38.5 Å². The Balaban J connectivity index is -0.0000281. The zero-order chi connectivity index (χ0) is 56.6. The molecule has 0 heterocycles. The van der Waals surface area contributed by atoms with Crippen molar-refractivity contribution in [2.75, 3.05) is 67.6 Å². The fourth-order valence-electron chi connectivity index (χ4n) is 8.90. The molecule has 0 fully saturated rings. The minimum atomic E-state index is -0.831. The number of hydrogen-bond donors (Lipinski definition) is 0. The molecule has 0 aromatic carbocycles. The number of unbranched alkanes of at least 4 members (excludes halogenated alkanes) is 22. The molecule has 14 nitrogen and oxygen atoms in total. The molecule has 16 heteroatoms. The zero-order valence-corrected chi connectivity index (χ0v) is 52.4. The topological polar surface area (TPSA) is 158 Å². The average molecular weight is 1150 g/mol. The highest BCUT2D eigenvalue weighted by Gasteiger charge is 2.26. The Morgan fingerprint density at radius 1 is 0.385 bits per heavy atom. The van der Waals surface area contributed by atoms with Crippen LogP contribution < -0.4 is 24.8 Å². The van der Waals surface area contributed by atoms with Crippen LogP contribution in [0.5, 0.6) is 0 Å². The first-order valence-electron chi connectivity index (χ1n) is 30.4. The third-order valence-electron chi connectivity index (χ3n) is 13.7. The van der Waals surface area contributed by atoms with E-state index in [1.165, 1.54) is 52.4 Å². The molecule has 2 atom stereocenters. The van der Waals surface area contributed by atoms with E-state index in [2.05, 4.69) is 45.1 Å². The van der Waals surface area contributed by atoms with Crippen molar-refractivity contribution < 1.29 is 91.0 Å². The van der Waals surface area contributed by atoms with Crippen LogP contribution in [0.15, 0.2) is 24.3 Å². The number of carbonyl (C=O) groups is 6. The SMILES string of the molecule is CCCCCCCCCC(OC(=O)CCCCCCCC=CCC(CCCCCC)OC(=O)C[N+](C)(C)CCOC(C)=O)OC(=O)CCCCCCCC=CCC(CCCCCC)OC(=O)C[N+](C)(C)CCOC(C)=O.[Cl-].[Cl-]. The molecule has 0 aliphatic carbocycles. The zero-order valence-electron chi connectivity index (χ0n) is 50.9. The van der Waals surface area contributed by atoms with E-state index in [-0.39, 0.29) is 99.1 Å². The maximum absolute atomic E-state index is 13.0. The molecule has 2 unspecified atom stereocenters. The number of carbonyl (C=O) groups excluding carboxylic acids is 6. The van der Waals surface area contributed by atoms with Crippen LogP contribution in [0, 0.1) is 0 Å². The molecule has 0 amide bonds. The molecule has 0 rings (SSSR count). The smallest absolute Gasteiger partial charge is 0.362 e. The summed E-state index contributed by atoms with van der Waals surface area (Å²) in [5.41, 5.74) is 0. The van der Waals surface area contributed by atoms with Gasteiger partial charge < -0.3 is 62.2 Å². The number of rotatable bonds is 52. The quantitative estimate of drug-likeness (QED) is 0.0145. The van der Waals surface area contributed by atoms with E-state index in [1.807, 2.05) is 28.2 Å². The summed E-state index contributed by atoms with van der Waals surface area (Å²) in [6, 6.07) is 0. The van der Waals surface area contributed by atoms with Gasteiger partial charge in [-0.2, -0.15) is 0 Å².